The summed E-state index contributed by atoms with van der Waals surface area (Å²) in [6, 6.07) is 14.9. The van der Waals surface area contributed by atoms with Gasteiger partial charge in [0.2, 0.25) is 0 Å². The maximum atomic E-state index is 11.1. The van der Waals surface area contributed by atoms with Crippen molar-refractivity contribution in [3.63, 3.8) is 0 Å². The monoisotopic (exact) mass is 297 g/mol. The van der Waals surface area contributed by atoms with Crippen LogP contribution in [0.5, 0.6) is 5.75 Å². The predicted molar refractivity (Wildman–Crippen MR) is 82.9 cm³/mol. The molecule has 0 N–H and O–H groups in total. The number of para-hydroxylation sites is 2. The van der Waals surface area contributed by atoms with Crippen molar-refractivity contribution in [1.82, 2.24) is 4.98 Å². The molecule has 0 saturated carbocycles. The number of halogens is 1. The van der Waals surface area contributed by atoms with Crippen molar-refractivity contribution in [3.05, 3.63) is 70.9 Å². The summed E-state index contributed by atoms with van der Waals surface area (Å²) in [5.74, 6) is 0.412. The molecule has 3 nitrogen and oxygen atoms in total. The highest BCUT2D eigenvalue weighted by molar-refractivity contribution is 6.32. The summed E-state index contributed by atoms with van der Waals surface area (Å²) < 4.78 is 5.76. The second kappa shape index (κ2) is 5.94. The number of rotatable bonds is 4. The van der Waals surface area contributed by atoms with Crippen LogP contribution >= 0.6 is 11.6 Å². The van der Waals surface area contributed by atoms with Crippen LogP contribution in [0.15, 0.2) is 54.7 Å². The van der Waals surface area contributed by atoms with Gasteiger partial charge in [0.1, 0.15) is 12.4 Å². The summed E-state index contributed by atoms with van der Waals surface area (Å²) in [5.41, 5.74) is 2.35. The minimum Gasteiger partial charge on any atom is -0.487 e. The average Bonchev–Trinajstić information content (AvgIpc) is 2.53. The van der Waals surface area contributed by atoms with Crippen molar-refractivity contribution in [2.45, 2.75) is 6.61 Å². The minimum atomic E-state index is 0.327. The first-order chi connectivity index (χ1) is 10.3. The Balaban J connectivity index is 1.93. The van der Waals surface area contributed by atoms with Gasteiger partial charge < -0.3 is 4.74 Å². The minimum absolute atomic E-state index is 0.327. The van der Waals surface area contributed by atoms with Crippen molar-refractivity contribution in [1.29, 1.82) is 0 Å². The summed E-state index contributed by atoms with van der Waals surface area (Å²) in [6.07, 6.45) is 2.49. The lowest BCUT2D eigenvalue weighted by Gasteiger charge is -2.11. The molecule has 4 heteroatoms. The number of hydrogen-bond acceptors (Lipinski definition) is 3. The van der Waals surface area contributed by atoms with Crippen LogP contribution in [0.3, 0.4) is 0 Å². The van der Waals surface area contributed by atoms with E-state index in [1.165, 1.54) is 0 Å². The SMILES string of the molecule is O=Cc1cccc(Cl)c1OCc1ccnc2ccccc12. The normalized spacial score (nSPS) is 10.5. The molecule has 21 heavy (non-hydrogen) atoms. The lowest BCUT2D eigenvalue weighted by atomic mass is 10.1. The van der Waals surface area contributed by atoms with Crippen molar-refractivity contribution < 1.29 is 9.53 Å². The van der Waals surface area contributed by atoms with Crippen LogP contribution in [-0.2, 0) is 6.61 Å². The number of aromatic nitrogens is 1. The van der Waals surface area contributed by atoms with Gasteiger partial charge >= 0.3 is 0 Å². The Hall–Kier alpha value is -2.39. The number of carbonyl (C=O) groups excluding carboxylic acids is 1. The first kappa shape index (κ1) is 13.6. The molecule has 0 fully saturated rings. The van der Waals surface area contributed by atoms with E-state index in [-0.39, 0.29) is 0 Å². The summed E-state index contributed by atoms with van der Waals surface area (Å²) in [5, 5.41) is 1.46. The lowest BCUT2D eigenvalue weighted by molar-refractivity contribution is 0.111. The third-order valence-electron chi connectivity index (χ3n) is 3.24. The summed E-state index contributed by atoms with van der Waals surface area (Å²) in [6.45, 7) is 0.327. The van der Waals surface area contributed by atoms with Crippen LogP contribution < -0.4 is 4.74 Å². The fourth-order valence-corrected chi connectivity index (χ4v) is 2.44. The Bertz CT molecular complexity index is 796. The highest BCUT2D eigenvalue weighted by Crippen LogP contribution is 2.29. The van der Waals surface area contributed by atoms with Gasteiger partial charge in [-0.3, -0.25) is 9.78 Å². The number of hydrogen-bond donors (Lipinski definition) is 0. The Morgan fingerprint density at radius 1 is 1.10 bits per heavy atom. The van der Waals surface area contributed by atoms with Crippen molar-refractivity contribution in [3.8, 4) is 5.75 Å². The van der Waals surface area contributed by atoms with Crippen LogP contribution in [0, 0.1) is 0 Å². The number of carbonyl (C=O) groups is 1. The van der Waals surface area contributed by atoms with Crippen LogP contribution in [0.25, 0.3) is 10.9 Å². The molecule has 0 spiro atoms. The third-order valence-corrected chi connectivity index (χ3v) is 3.53. The molecule has 3 rings (SSSR count). The van der Waals surface area contributed by atoms with Crippen LogP contribution in [0.4, 0.5) is 0 Å². The summed E-state index contributed by atoms with van der Waals surface area (Å²) in [7, 11) is 0. The van der Waals surface area contributed by atoms with E-state index in [4.69, 9.17) is 16.3 Å². The van der Waals surface area contributed by atoms with Gasteiger partial charge in [0.15, 0.2) is 6.29 Å². The quantitative estimate of drug-likeness (QED) is 0.675. The summed E-state index contributed by atoms with van der Waals surface area (Å²) in [4.78, 5) is 15.4. The Kier molecular flexibility index (Phi) is 3.84. The molecule has 1 aromatic heterocycles. The molecule has 0 unspecified atom stereocenters. The first-order valence-corrected chi connectivity index (χ1v) is 6.86. The molecule has 0 bridgehead atoms. The van der Waals surface area contributed by atoms with Crippen LogP contribution in [0.2, 0.25) is 5.02 Å². The van der Waals surface area contributed by atoms with Gasteiger partial charge in [-0.25, -0.2) is 0 Å². The molecular formula is C17H12ClNO2. The Labute approximate surface area is 127 Å². The molecule has 0 saturated heterocycles. The van der Waals surface area contributed by atoms with E-state index in [9.17, 15) is 4.79 Å². The maximum Gasteiger partial charge on any atom is 0.153 e. The Morgan fingerprint density at radius 3 is 2.81 bits per heavy atom. The van der Waals surface area contributed by atoms with Gasteiger partial charge in [-0.05, 0) is 24.3 Å². The number of nitrogens with zero attached hydrogens (tertiary/aromatic N) is 1. The predicted octanol–water partition coefficient (Wildman–Crippen LogP) is 4.28. The van der Waals surface area contributed by atoms with E-state index in [0.717, 1.165) is 22.8 Å². The lowest BCUT2D eigenvalue weighted by Crippen LogP contribution is -2.00. The van der Waals surface area contributed by atoms with Gasteiger partial charge in [-0.1, -0.05) is 35.9 Å². The molecule has 3 aromatic rings. The van der Waals surface area contributed by atoms with E-state index < -0.39 is 0 Å². The summed E-state index contributed by atoms with van der Waals surface area (Å²) >= 11 is 6.10. The van der Waals surface area contributed by atoms with Gasteiger partial charge in [0, 0.05) is 17.1 Å². The third kappa shape index (κ3) is 2.73. The fourth-order valence-electron chi connectivity index (χ4n) is 2.20. The highest BCUT2D eigenvalue weighted by Gasteiger charge is 2.09. The van der Waals surface area contributed by atoms with Gasteiger partial charge in [0.05, 0.1) is 16.1 Å². The van der Waals surface area contributed by atoms with Crippen molar-refractivity contribution in [2.24, 2.45) is 0 Å². The number of benzene rings is 2. The van der Waals surface area contributed by atoms with Crippen molar-refractivity contribution >= 4 is 28.8 Å². The molecule has 1 heterocycles. The van der Waals surface area contributed by atoms with Gasteiger partial charge in [-0.2, -0.15) is 0 Å². The highest BCUT2D eigenvalue weighted by atomic mass is 35.5. The number of fused-ring (bicyclic) bond motifs is 1. The number of aldehydes is 1. The molecule has 0 amide bonds. The van der Waals surface area contributed by atoms with Gasteiger partial charge in [0.25, 0.3) is 0 Å². The smallest absolute Gasteiger partial charge is 0.153 e. The number of ether oxygens (including phenoxy) is 1. The molecular weight excluding hydrogens is 286 g/mol. The van der Waals surface area contributed by atoms with E-state index in [1.54, 1.807) is 24.4 Å². The topological polar surface area (TPSA) is 39.2 Å². The van der Waals surface area contributed by atoms with E-state index >= 15 is 0 Å². The fraction of sp³-hybridized carbons (Fsp3) is 0.0588. The molecule has 2 aromatic carbocycles. The molecule has 0 radical (unpaired) electrons. The number of pyridine rings is 1. The first-order valence-electron chi connectivity index (χ1n) is 6.48. The van der Waals surface area contributed by atoms with E-state index in [1.807, 2.05) is 30.3 Å². The van der Waals surface area contributed by atoms with E-state index in [0.29, 0.717) is 22.9 Å². The van der Waals surface area contributed by atoms with Crippen LogP contribution in [-0.4, -0.2) is 11.3 Å². The zero-order valence-corrected chi connectivity index (χ0v) is 11.9. The molecule has 104 valence electrons. The largest absolute Gasteiger partial charge is 0.487 e. The standard InChI is InChI=1S/C17H12ClNO2/c18-15-6-3-4-12(10-20)17(15)21-11-13-8-9-19-16-7-2-1-5-14(13)16/h1-10H,11H2. The zero-order valence-electron chi connectivity index (χ0n) is 11.1. The van der Waals surface area contributed by atoms with Gasteiger partial charge in [-0.15, -0.1) is 0 Å². The molecule has 0 aliphatic heterocycles. The molecule has 0 aliphatic rings. The Morgan fingerprint density at radius 2 is 1.95 bits per heavy atom. The van der Waals surface area contributed by atoms with E-state index in [2.05, 4.69) is 4.98 Å². The van der Waals surface area contributed by atoms with Crippen molar-refractivity contribution in [2.75, 3.05) is 0 Å². The van der Waals surface area contributed by atoms with Crippen LogP contribution in [0.1, 0.15) is 15.9 Å². The average molecular weight is 298 g/mol. The second-order valence-corrected chi connectivity index (χ2v) is 4.96. The second-order valence-electron chi connectivity index (χ2n) is 4.55. The maximum absolute atomic E-state index is 11.1. The molecule has 0 aliphatic carbocycles. The zero-order chi connectivity index (χ0) is 14.7. The molecule has 0 atom stereocenters.